The summed E-state index contributed by atoms with van der Waals surface area (Å²) in [6, 6.07) is 20.3. The van der Waals surface area contributed by atoms with Gasteiger partial charge in [0, 0.05) is 13.1 Å². The van der Waals surface area contributed by atoms with Gasteiger partial charge in [0.2, 0.25) is 11.1 Å². The maximum Gasteiger partial charge on any atom is 0.233 e. The number of likely N-dealkylation sites (tertiary alicyclic amines) is 1. The summed E-state index contributed by atoms with van der Waals surface area (Å²) in [4.78, 5) is 14.6. The second-order valence-electron chi connectivity index (χ2n) is 7.01. The van der Waals surface area contributed by atoms with E-state index in [1.807, 2.05) is 35.2 Å². The lowest BCUT2D eigenvalue weighted by Gasteiger charge is -2.32. The van der Waals surface area contributed by atoms with E-state index in [0.29, 0.717) is 16.8 Å². The largest absolute Gasteiger partial charge is 0.342 e. The van der Waals surface area contributed by atoms with Gasteiger partial charge in [0.05, 0.1) is 11.4 Å². The van der Waals surface area contributed by atoms with Crippen molar-refractivity contribution in [1.29, 1.82) is 0 Å². The average Bonchev–Trinajstić information content (AvgIpc) is 3.23. The third-order valence-electron chi connectivity index (χ3n) is 5.10. The molecular weight excluding hydrogens is 370 g/mol. The van der Waals surface area contributed by atoms with Gasteiger partial charge in [-0.3, -0.25) is 4.79 Å². The van der Waals surface area contributed by atoms with Crippen molar-refractivity contribution in [3.8, 4) is 5.69 Å². The molecule has 1 amide bonds. The predicted molar refractivity (Wildman–Crippen MR) is 109 cm³/mol. The number of piperidine rings is 1. The Kier molecular flexibility index (Phi) is 6.01. The highest BCUT2D eigenvalue weighted by molar-refractivity contribution is 7.99. The number of para-hydroxylation sites is 1. The highest BCUT2D eigenvalue weighted by atomic mass is 32.2. The molecule has 1 aliphatic heterocycles. The van der Waals surface area contributed by atoms with E-state index in [-0.39, 0.29) is 5.91 Å². The number of aromatic nitrogens is 4. The lowest BCUT2D eigenvalue weighted by Crippen LogP contribution is -2.39. The van der Waals surface area contributed by atoms with E-state index in [4.69, 9.17) is 0 Å². The quantitative estimate of drug-likeness (QED) is 0.602. The molecule has 6 nitrogen and oxygen atoms in total. The van der Waals surface area contributed by atoms with Crippen molar-refractivity contribution in [2.45, 2.75) is 24.4 Å². The number of amides is 1. The van der Waals surface area contributed by atoms with E-state index in [1.165, 1.54) is 17.3 Å². The Bertz CT molecular complexity index is 891. The average molecular weight is 394 g/mol. The second kappa shape index (κ2) is 9.01. The van der Waals surface area contributed by atoms with E-state index >= 15 is 0 Å². The van der Waals surface area contributed by atoms with Crippen LogP contribution in [0.4, 0.5) is 0 Å². The molecule has 3 aromatic rings. The molecule has 28 heavy (non-hydrogen) atoms. The Balaban J connectivity index is 1.27. The van der Waals surface area contributed by atoms with Gasteiger partial charge in [0.1, 0.15) is 0 Å². The Morgan fingerprint density at radius 3 is 2.39 bits per heavy atom. The first-order chi connectivity index (χ1) is 13.8. The SMILES string of the molecule is O=C(CSc1nnnn1-c1ccccc1)N1CCC(Cc2ccccc2)CC1. The van der Waals surface area contributed by atoms with Gasteiger partial charge < -0.3 is 4.90 Å². The standard InChI is InChI=1S/C21H23N5OS/c27-20(16-28-21-22-23-24-26(21)19-9-5-2-6-10-19)25-13-11-18(12-14-25)15-17-7-3-1-4-8-17/h1-10,18H,11-16H2. The van der Waals surface area contributed by atoms with E-state index in [9.17, 15) is 4.79 Å². The van der Waals surface area contributed by atoms with Crippen LogP contribution < -0.4 is 0 Å². The van der Waals surface area contributed by atoms with Crippen LogP contribution in [0.5, 0.6) is 0 Å². The van der Waals surface area contributed by atoms with Gasteiger partial charge in [0.15, 0.2) is 0 Å². The third-order valence-corrected chi connectivity index (χ3v) is 6.00. The minimum Gasteiger partial charge on any atom is -0.342 e. The molecular formula is C21H23N5OS. The molecule has 2 heterocycles. The number of thioether (sulfide) groups is 1. The minimum atomic E-state index is 0.158. The molecule has 2 aromatic carbocycles. The molecule has 1 aromatic heterocycles. The van der Waals surface area contributed by atoms with Gasteiger partial charge in [0.25, 0.3) is 0 Å². The van der Waals surface area contributed by atoms with Crippen molar-refractivity contribution in [3.63, 3.8) is 0 Å². The number of carbonyl (C=O) groups is 1. The lowest BCUT2D eigenvalue weighted by molar-refractivity contribution is -0.129. The van der Waals surface area contributed by atoms with Gasteiger partial charge in [-0.15, -0.1) is 5.10 Å². The summed E-state index contributed by atoms with van der Waals surface area (Å²) in [6.07, 6.45) is 3.23. The highest BCUT2D eigenvalue weighted by Gasteiger charge is 2.23. The Morgan fingerprint density at radius 2 is 1.68 bits per heavy atom. The summed E-state index contributed by atoms with van der Waals surface area (Å²) in [5.74, 6) is 1.17. The van der Waals surface area contributed by atoms with Crippen molar-refractivity contribution in [1.82, 2.24) is 25.1 Å². The van der Waals surface area contributed by atoms with Crippen LogP contribution >= 0.6 is 11.8 Å². The van der Waals surface area contributed by atoms with Crippen LogP contribution in [0.2, 0.25) is 0 Å². The molecule has 0 saturated carbocycles. The summed E-state index contributed by atoms with van der Waals surface area (Å²) in [5, 5.41) is 12.5. The van der Waals surface area contributed by atoms with E-state index < -0.39 is 0 Å². The molecule has 0 bridgehead atoms. The summed E-state index contributed by atoms with van der Waals surface area (Å²) >= 11 is 1.39. The third kappa shape index (κ3) is 4.59. The van der Waals surface area contributed by atoms with Gasteiger partial charge >= 0.3 is 0 Å². The van der Waals surface area contributed by atoms with E-state index in [1.54, 1.807) is 4.68 Å². The number of nitrogens with zero attached hydrogens (tertiary/aromatic N) is 5. The number of hydrogen-bond acceptors (Lipinski definition) is 5. The topological polar surface area (TPSA) is 63.9 Å². The molecule has 0 spiro atoms. The van der Waals surface area contributed by atoms with Crippen LogP contribution in [-0.2, 0) is 11.2 Å². The zero-order valence-corrected chi connectivity index (χ0v) is 16.5. The Labute approximate surface area is 168 Å². The fourth-order valence-corrected chi connectivity index (χ4v) is 4.35. The molecule has 0 N–H and O–H groups in total. The van der Waals surface area contributed by atoms with E-state index in [2.05, 4.69) is 45.9 Å². The molecule has 0 radical (unpaired) electrons. The van der Waals surface area contributed by atoms with Gasteiger partial charge in [-0.25, -0.2) is 0 Å². The van der Waals surface area contributed by atoms with Gasteiger partial charge in [-0.2, -0.15) is 4.68 Å². The molecule has 0 aliphatic carbocycles. The monoisotopic (exact) mass is 393 g/mol. The van der Waals surface area contributed by atoms with Crippen LogP contribution in [0.3, 0.4) is 0 Å². The van der Waals surface area contributed by atoms with Crippen LogP contribution in [0.1, 0.15) is 18.4 Å². The number of benzene rings is 2. The summed E-state index contributed by atoms with van der Waals surface area (Å²) in [6.45, 7) is 1.67. The van der Waals surface area contributed by atoms with Crippen molar-refractivity contribution < 1.29 is 4.79 Å². The van der Waals surface area contributed by atoms with Crippen LogP contribution in [0.15, 0.2) is 65.8 Å². The van der Waals surface area contributed by atoms with Crippen molar-refractivity contribution >= 4 is 17.7 Å². The minimum absolute atomic E-state index is 0.158. The zero-order chi connectivity index (χ0) is 19.2. The normalized spacial score (nSPS) is 14.9. The molecule has 0 unspecified atom stereocenters. The molecule has 1 saturated heterocycles. The van der Waals surface area contributed by atoms with Crippen molar-refractivity contribution in [2.24, 2.45) is 5.92 Å². The number of carbonyl (C=O) groups excluding carboxylic acids is 1. The molecule has 0 atom stereocenters. The first kappa shape index (κ1) is 18.7. The summed E-state index contributed by atoms with van der Waals surface area (Å²) < 4.78 is 1.67. The molecule has 4 rings (SSSR count). The van der Waals surface area contributed by atoms with Gasteiger partial charge in [-0.1, -0.05) is 60.3 Å². The van der Waals surface area contributed by atoms with Crippen molar-refractivity contribution in [2.75, 3.05) is 18.8 Å². The first-order valence-corrected chi connectivity index (χ1v) is 10.6. The summed E-state index contributed by atoms with van der Waals surface area (Å²) in [5.41, 5.74) is 2.28. The smallest absolute Gasteiger partial charge is 0.233 e. The number of tetrazole rings is 1. The maximum atomic E-state index is 12.6. The molecule has 144 valence electrons. The molecule has 1 fully saturated rings. The van der Waals surface area contributed by atoms with Crippen LogP contribution in [-0.4, -0.2) is 49.9 Å². The highest BCUT2D eigenvalue weighted by Crippen LogP contribution is 2.23. The number of hydrogen-bond donors (Lipinski definition) is 0. The number of rotatable bonds is 6. The predicted octanol–water partition coefficient (Wildman–Crippen LogP) is 3.24. The fraction of sp³-hybridized carbons (Fsp3) is 0.333. The summed E-state index contributed by atoms with van der Waals surface area (Å²) in [7, 11) is 0. The van der Waals surface area contributed by atoms with Gasteiger partial charge in [-0.05, 0) is 53.3 Å². The first-order valence-electron chi connectivity index (χ1n) is 9.58. The molecule has 1 aliphatic rings. The lowest BCUT2D eigenvalue weighted by atomic mass is 9.90. The van der Waals surface area contributed by atoms with Crippen LogP contribution in [0, 0.1) is 5.92 Å². The fourth-order valence-electron chi connectivity index (χ4n) is 3.55. The second-order valence-corrected chi connectivity index (χ2v) is 7.95. The van der Waals surface area contributed by atoms with Crippen LogP contribution in [0.25, 0.3) is 5.69 Å². The Hall–Kier alpha value is -2.67. The maximum absolute atomic E-state index is 12.6. The Morgan fingerprint density at radius 1 is 1.00 bits per heavy atom. The van der Waals surface area contributed by atoms with Crippen molar-refractivity contribution in [3.05, 3.63) is 66.2 Å². The zero-order valence-electron chi connectivity index (χ0n) is 15.6. The molecule has 7 heteroatoms. The van der Waals surface area contributed by atoms with E-state index in [0.717, 1.165) is 38.0 Å².